The minimum absolute atomic E-state index is 0.185. The van der Waals surface area contributed by atoms with E-state index in [0.29, 0.717) is 19.4 Å². The molecule has 0 aliphatic rings. The number of nitrogens with zero attached hydrogens (tertiary/aromatic N) is 4. The molecule has 0 atom stereocenters. The molecule has 3 aromatic rings. The lowest BCUT2D eigenvalue weighted by atomic mass is 9.90. The van der Waals surface area contributed by atoms with E-state index in [9.17, 15) is 4.79 Å². The smallest absolute Gasteiger partial charge is 0.306 e. The Morgan fingerprint density at radius 3 is 2.64 bits per heavy atom. The predicted octanol–water partition coefficient (Wildman–Crippen LogP) is 4.44. The van der Waals surface area contributed by atoms with Crippen LogP contribution in [0.4, 0.5) is 0 Å². The van der Waals surface area contributed by atoms with Crippen molar-refractivity contribution in [2.24, 2.45) is 0 Å². The maximum Gasteiger partial charge on any atom is 0.306 e. The van der Waals surface area contributed by atoms with Crippen LogP contribution in [-0.4, -0.2) is 32.3 Å². The fourth-order valence-electron chi connectivity index (χ4n) is 3.59. The van der Waals surface area contributed by atoms with Gasteiger partial charge in [-0.05, 0) is 50.3 Å². The zero-order chi connectivity index (χ0) is 20.3. The normalized spacial score (nSPS) is 11.4. The molecular formula is C22H28N4O2. The van der Waals surface area contributed by atoms with E-state index in [1.54, 1.807) is 0 Å². The van der Waals surface area contributed by atoms with Crippen LogP contribution >= 0.6 is 0 Å². The third-order valence-electron chi connectivity index (χ3n) is 4.81. The third kappa shape index (κ3) is 3.91. The second-order valence-electron chi connectivity index (χ2n) is 7.26. The number of rotatable bonds is 7. The number of carbonyl (C=O) groups is 1. The number of aryl methyl sites for hydroxylation is 2. The van der Waals surface area contributed by atoms with Crippen LogP contribution in [0, 0.1) is 6.92 Å². The van der Waals surface area contributed by atoms with Crippen molar-refractivity contribution in [2.45, 2.75) is 59.9 Å². The number of aromatic nitrogens is 4. The second-order valence-corrected chi connectivity index (χ2v) is 7.26. The van der Waals surface area contributed by atoms with E-state index in [2.05, 4.69) is 36.9 Å². The summed E-state index contributed by atoms with van der Waals surface area (Å²) in [5.74, 6) is 0.0354. The zero-order valence-corrected chi connectivity index (χ0v) is 17.3. The molecule has 0 N–H and O–H groups in total. The lowest BCUT2D eigenvalue weighted by molar-refractivity contribution is -0.143. The van der Waals surface area contributed by atoms with Crippen molar-refractivity contribution in [1.29, 1.82) is 0 Å². The Kier molecular flexibility index (Phi) is 6.07. The van der Waals surface area contributed by atoms with E-state index < -0.39 is 0 Å². The molecule has 28 heavy (non-hydrogen) atoms. The van der Waals surface area contributed by atoms with Gasteiger partial charge in [0.1, 0.15) is 0 Å². The van der Waals surface area contributed by atoms with Crippen molar-refractivity contribution < 1.29 is 9.53 Å². The highest BCUT2D eigenvalue weighted by Gasteiger charge is 2.22. The molecule has 3 aromatic heterocycles. The fourth-order valence-corrected chi connectivity index (χ4v) is 3.59. The predicted molar refractivity (Wildman–Crippen MR) is 110 cm³/mol. The largest absolute Gasteiger partial charge is 0.466 e. The van der Waals surface area contributed by atoms with Crippen molar-refractivity contribution in [3.63, 3.8) is 0 Å². The van der Waals surface area contributed by atoms with Crippen molar-refractivity contribution >= 4 is 17.0 Å². The first-order chi connectivity index (χ1) is 13.5. The van der Waals surface area contributed by atoms with Gasteiger partial charge in [-0.2, -0.15) is 5.10 Å². The first-order valence-corrected chi connectivity index (χ1v) is 9.92. The highest BCUT2D eigenvalue weighted by Crippen LogP contribution is 2.36. The molecule has 0 aromatic carbocycles. The fraction of sp³-hybridized carbons (Fsp3) is 0.455. The van der Waals surface area contributed by atoms with Crippen LogP contribution in [0.15, 0.2) is 24.7 Å². The van der Waals surface area contributed by atoms with Gasteiger partial charge in [0.05, 0.1) is 12.8 Å². The van der Waals surface area contributed by atoms with Crippen LogP contribution in [0.3, 0.4) is 0 Å². The van der Waals surface area contributed by atoms with E-state index in [-0.39, 0.29) is 11.9 Å². The van der Waals surface area contributed by atoms with E-state index in [1.807, 2.05) is 37.1 Å². The molecule has 0 amide bonds. The number of hydrogen-bond donors (Lipinski definition) is 0. The van der Waals surface area contributed by atoms with Crippen LogP contribution in [-0.2, 0) is 22.5 Å². The summed E-state index contributed by atoms with van der Waals surface area (Å²) in [5.41, 5.74) is 6.16. The molecule has 148 valence electrons. The van der Waals surface area contributed by atoms with Gasteiger partial charge in [0.25, 0.3) is 0 Å². The summed E-state index contributed by atoms with van der Waals surface area (Å²) in [4.78, 5) is 21.4. The molecular weight excluding hydrogens is 352 g/mol. The van der Waals surface area contributed by atoms with Gasteiger partial charge in [-0.15, -0.1) is 0 Å². The average Bonchev–Trinajstić information content (AvgIpc) is 3.08. The highest BCUT2D eigenvalue weighted by molar-refractivity contribution is 5.95. The highest BCUT2D eigenvalue weighted by atomic mass is 16.5. The molecule has 6 heteroatoms. The maximum atomic E-state index is 12.0. The first kappa shape index (κ1) is 20.0. The van der Waals surface area contributed by atoms with Gasteiger partial charge in [0.15, 0.2) is 5.65 Å². The Balaban J connectivity index is 2.26. The summed E-state index contributed by atoms with van der Waals surface area (Å²) >= 11 is 0. The quantitative estimate of drug-likeness (QED) is 0.567. The Bertz CT molecular complexity index is 992. The zero-order valence-electron chi connectivity index (χ0n) is 17.3. The van der Waals surface area contributed by atoms with Crippen molar-refractivity contribution in [3.05, 3.63) is 41.5 Å². The van der Waals surface area contributed by atoms with Gasteiger partial charge < -0.3 is 4.74 Å². The number of hydrogen-bond acceptors (Lipinski definition) is 5. The molecule has 0 spiro atoms. The third-order valence-corrected chi connectivity index (χ3v) is 4.81. The molecule has 6 nitrogen and oxygen atoms in total. The number of esters is 1. The Morgan fingerprint density at radius 2 is 2.00 bits per heavy atom. The van der Waals surface area contributed by atoms with Crippen molar-refractivity contribution in [3.8, 4) is 11.1 Å². The van der Waals surface area contributed by atoms with Gasteiger partial charge >= 0.3 is 5.97 Å². The molecule has 0 saturated heterocycles. The monoisotopic (exact) mass is 380 g/mol. The van der Waals surface area contributed by atoms with Crippen LogP contribution in [0.5, 0.6) is 0 Å². The Hall–Kier alpha value is -2.76. The minimum atomic E-state index is -0.185. The standard InChI is InChI=1S/C22H28N4O2/c1-6-26-22-18(13-24-26)20(16-10-15(5)11-23-12-16)17(21(25-22)14(3)4)8-9-19(27)28-7-2/h10-14H,6-9H2,1-5H3. The van der Waals surface area contributed by atoms with E-state index in [1.165, 1.54) is 0 Å². The van der Waals surface area contributed by atoms with Gasteiger partial charge in [-0.25, -0.2) is 9.67 Å². The van der Waals surface area contributed by atoms with Crippen molar-refractivity contribution in [2.75, 3.05) is 6.61 Å². The van der Waals surface area contributed by atoms with Crippen LogP contribution in [0.2, 0.25) is 0 Å². The summed E-state index contributed by atoms with van der Waals surface area (Å²) in [6.07, 6.45) is 6.51. The number of pyridine rings is 2. The van der Waals surface area contributed by atoms with Gasteiger partial charge in [0.2, 0.25) is 0 Å². The number of fused-ring (bicyclic) bond motifs is 1. The van der Waals surface area contributed by atoms with Crippen LogP contribution < -0.4 is 0 Å². The molecule has 0 aliphatic carbocycles. The summed E-state index contributed by atoms with van der Waals surface area (Å²) in [5, 5.41) is 5.53. The first-order valence-electron chi connectivity index (χ1n) is 9.92. The molecule has 0 saturated carbocycles. The summed E-state index contributed by atoms with van der Waals surface area (Å²) in [7, 11) is 0. The minimum Gasteiger partial charge on any atom is -0.466 e. The molecule has 3 heterocycles. The molecule has 0 aliphatic heterocycles. The molecule has 3 rings (SSSR count). The Morgan fingerprint density at radius 1 is 1.21 bits per heavy atom. The van der Waals surface area contributed by atoms with Crippen LogP contribution in [0.25, 0.3) is 22.2 Å². The van der Waals surface area contributed by atoms with Gasteiger partial charge in [-0.3, -0.25) is 9.78 Å². The molecule has 0 unspecified atom stereocenters. The second kappa shape index (κ2) is 8.50. The van der Waals surface area contributed by atoms with Gasteiger partial charge in [0, 0.05) is 47.6 Å². The number of carbonyl (C=O) groups excluding carboxylic acids is 1. The number of ether oxygens (including phenoxy) is 1. The SMILES string of the molecule is CCOC(=O)CCc1c(C(C)C)nc2c(cnn2CC)c1-c1cncc(C)c1. The van der Waals surface area contributed by atoms with E-state index >= 15 is 0 Å². The van der Waals surface area contributed by atoms with Gasteiger partial charge in [-0.1, -0.05) is 13.8 Å². The lowest BCUT2D eigenvalue weighted by Gasteiger charge is -2.18. The van der Waals surface area contributed by atoms with Crippen molar-refractivity contribution in [1.82, 2.24) is 19.7 Å². The summed E-state index contributed by atoms with van der Waals surface area (Å²) in [6, 6.07) is 2.13. The lowest BCUT2D eigenvalue weighted by Crippen LogP contribution is -2.10. The summed E-state index contributed by atoms with van der Waals surface area (Å²) < 4.78 is 7.07. The summed E-state index contributed by atoms with van der Waals surface area (Å²) in [6.45, 7) is 11.3. The maximum absolute atomic E-state index is 12.0. The molecule has 0 bridgehead atoms. The molecule has 0 fully saturated rings. The molecule has 0 radical (unpaired) electrons. The van der Waals surface area contributed by atoms with Crippen LogP contribution in [0.1, 0.15) is 56.9 Å². The topological polar surface area (TPSA) is 69.9 Å². The Labute approximate surface area is 166 Å². The van der Waals surface area contributed by atoms with E-state index in [4.69, 9.17) is 9.72 Å². The average molecular weight is 380 g/mol. The van der Waals surface area contributed by atoms with E-state index in [0.717, 1.165) is 45.5 Å².